The van der Waals surface area contributed by atoms with Crippen LogP contribution in [0.25, 0.3) is 11.3 Å². The van der Waals surface area contributed by atoms with Crippen molar-refractivity contribution >= 4 is 33.0 Å². The van der Waals surface area contributed by atoms with Crippen LogP contribution in [0.15, 0.2) is 59.8 Å². The van der Waals surface area contributed by atoms with E-state index in [4.69, 9.17) is 11.6 Å². The molecule has 0 atom stereocenters. The minimum Gasteiger partial charge on any atom is -0.321 e. The fraction of sp³-hybridized carbons (Fsp3) is 0.111. The number of nitrogens with one attached hydrogen (secondary N) is 1. The lowest BCUT2D eigenvalue weighted by molar-refractivity contribution is 0.101. The summed E-state index contributed by atoms with van der Waals surface area (Å²) >= 11 is 5.87. The van der Waals surface area contributed by atoms with Gasteiger partial charge in [-0.15, -0.1) is 0 Å². The van der Waals surface area contributed by atoms with Crippen molar-refractivity contribution in [2.24, 2.45) is 0 Å². The van der Waals surface area contributed by atoms with Gasteiger partial charge in [0.25, 0.3) is 5.91 Å². The standard InChI is InChI=1S/C18H14ClN3O3S/c19-13-6-8-14(9-7-13)20-17(23)16-15(12-4-2-1-3-5-12)21-18-22(16)10-11-26(18,24)25/h1-9H,10-11H2,(H,20,23). The SMILES string of the molecule is O=C(Nc1ccc(Cl)cc1)c1c(-c2ccccc2)nc2n1CCS2(=O)=O. The van der Waals surface area contributed by atoms with Crippen LogP contribution in [0, 0.1) is 0 Å². The molecule has 1 aliphatic heterocycles. The molecule has 2 heterocycles. The number of amides is 1. The first kappa shape index (κ1) is 16.8. The lowest BCUT2D eigenvalue weighted by atomic mass is 10.1. The van der Waals surface area contributed by atoms with Gasteiger partial charge in [-0.1, -0.05) is 41.9 Å². The maximum atomic E-state index is 12.9. The van der Waals surface area contributed by atoms with E-state index in [1.807, 2.05) is 18.2 Å². The number of anilines is 1. The van der Waals surface area contributed by atoms with Crippen LogP contribution in [0.4, 0.5) is 5.69 Å². The van der Waals surface area contributed by atoms with E-state index in [2.05, 4.69) is 10.3 Å². The van der Waals surface area contributed by atoms with Crippen molar-refractivity contribution in [3.63, 3.8) is 0 Å². The quantitative estimate of drug-likeness (QED) is 0.748. The van der Waals surface area contributed by atoms with Gasteiger partial charge in [0.15, 0.2) is 0 Å². The number of carbonyl (C=O) groups is 1. The third-order valence-electron chi connectivity index (χ3n) is 4.16. The molecule has 0 saturated heterocycles. The fourth-order valence-corrected chi connectivity index (χ4v) is 4.41. The Labute approximate surface area is 155 Å². The molecule has 0 unspecified atom stereocenters. The van der Waals surface area contributed by atoms with Gasteiger partial charge in [0.1, 0.15) is 11.4 Å². The number of rotatable bonds is 3. The number of carbonyl (C=O) groups excluding carboxylic acids is 1. The monoisotopic (exact) mass is 387 g/mol. The van der Waals surface area contributed by atoms with E-state index in [1.54, 1.807) is 36.4 Å². The second-order valence-corrected chi connectivity index (χ2v) is 8.33. The number of halogens is 1. The van der Waals surface area contributed by atoms with Crippen LogP contribution < -0.4 is 5.32 Å². The van der Waals surface area contributed by atoms with E-state index in [0.29, 0.717) is 22.0 Å². The predicted molar refractivity (Wildman–Crippen MR) is 99.1 cm³/mol. The van der Waals surface area contributed by atoms with Crippen LogP contribution in [0.3, 0.4) is 0 Å². The first-order valence-electron chi connectivity index (χ1n) is 7.91. The molecule has 0 spiro atoms. The second-order valence-electron chi connectivity index (χ2n) is 5.89. The highest BCUT2D eigenvalue weighted by atomic mass is 35.5. The van der Waals surface area contributed by atoms with Crippen LogP contribution in [-0.2, 0) is 16.4 Å². The van der Waals surface area contributed by atoms with Crippen molar-refractivity contribution in [3.8, 4) is 11.3 Å². The lowest BCUT2D eigenvalue weighted by Gasteiger charge is -2.09. The van der Waals surface area contributed by atoms with Crippen molar-refractivity contribution < 1.29 is 13.2 Å². The summed E-state index contributed by atoms with van der Waals surface area (Å²) in [5.41, 5.74) is 1.85. The fourth-order valence-electron chi connectivity index (χ4n) is 2.93. The van der Waals surface area contributed by atoms with Gasteiger partial charge in [0.05, 0.1) is 5.75 Å². The highest BCUT2D eigenvalue weighted by Gasteiger charge is 2.35. The number of hydrogen-bond donors (Lipinski definition) is 1. The van der Waals surface area contributed by atoms with E-state index in [0.717, 1.165) is 0 Å². The Hall–Kier alpha value is -2.64. The predicted octanol–water partition coefficient (Wildman–Crippen LogP) is 3.24. The highest BCUT2D eigenvalue weighted by Crippen LogP contribution is 2.30. The molecular weight excluding hydrogens is 374 g/mol. The zero-order valence-corrected chi connectivity index (χ0v) is 15.1. The van der Waals surface area contributed by atoms with Gasteiger partial charge in [-0.2, -0.15) is 0 Å². The molecule has 0 saturated carbocycles. The second kappa shape index (κ2) is 6.26. The number of nitrogens with zero attached hydrogens (tertiary/aromatic N) is 2. The maximum Gasteiger partial charge on any atom is 0.274 e. The van der Waals surface area contributed by atoms with Crippen LogP contribution in [0.5, 0.6) is 0 Å². The summed E-state index contributed by atoms with van der Waals surface area (Å²) in [6.07, 6.45) is 0. The van der Waals surface area contributed by atoms with E-state index in [9.17, 15) is 13.2 Å². The van der Waals surface area contributed by atoms with Gasteiger partial charge >= 0.3 is 0 Å². The average Bonchev–Trinajstić information content (AvgIpc) is 3.16. The molecule has 0 radical (unpaired) electrons. The topological polar surface area (TPSA) is 81.1 Å². The molecule has 1 N–H and O–H groups in total. The minimum atomic E-state index is -3.47. The number of hydrogen-bond acceptors (Lipinski definition) is 4. The normalized spacial score (nSPS) is 14.8. The Morgan fingerprint density at radius 3 is 2.46 bits per heavy atom. The molecule has 1 amide bonds. The van der Waals surface area contributed by atoms with Crippen molar-refractivity contribution in [1.29, 1.82) is 0 Å². The molecule has 1 aromatic heterocycles. The molecule has 26 heavy (non-hydrogen) atoms. The largest absolute Gasteiger partial charge is 0.321 e. The Bertz CT molecular complexity index is 1090. The molecule has 0 fully saturated rings. The van der Waals surface area contributed by atoms with Crippen LogP contribution in [-0.4, -0.2) is 29.6 Å². The molecule has 4 rings (SSSR count). The van der Waals surface area contributed by atoms with Crippen molar-refractivity contribution in [2.75, 3.05) is 11.1 Å². The third-order valence-corrected chi connectivity index (χ3v) is 6.00. The molecule has 6 nitrogen and oxygen atoms in total. The Morgan fingerprint density at radius 2 is 1.77 bits per heavy atom. The molecule has 1 aliphatic rings. The van der Waals surface area contributed by atoms with E-state index in [1.165, 1.54) is 4.57 Å². The third kappa shape index (κ3) is 2.89. The first-order valence-corrected chi connectivity index (χ1v) is 9.94. The summed E-state index contributed by atoms with van der Waals surface area (Å²) in [6, 6.07) is 15.8. The van der Waals surface area contributed by atoms with Gasteiger partial charge in [-0.25, -0.2) is 13.4 Å². The zero-order chi connectivity index (χ0) is 18.3. The van der Waals surface area contributed by atoms with Gasteiger partial charge in [0.2, 0.25) is 15.0 Å². The van der Waals surface area contributed by atoms with Crippen molar-refractivity contribution in [1.82, 2.24) is 9.55 Å². The van der Waals surface area contributed by atoms with Gasteiger partial charge in [-0.3, -0.25) is 4.79 Å². The summed E-state index contributed by atoms with van der Waals surface area (Å²) < 4.78 is 26.0. The van der Waals surface area contributed by atoms with Crippen LogP contribution in [0.2, 0.25) is 5.02 Å². The Kier molecular flexibility index (Phi) is 4.05. The molecule has 2 aromatic carbocycles. The van der Waals surface area contributed by atoms with E-state index in [-0.39, 0.29) is 23.1 Å². The molecule has 0 bridgehead atoms. The molecule has 3 aromatic rings. The Balaban J connectivity index is 1.81. The van der Waals surface area contributed by atoms with E-state index >= 15 is 0 Å². The summed E-state index contributed by atoms with van der Waals surface area (Å²) in [7, 11) is -3.47. The molecule has 0 aliphatic carbocycles. The number of aromatic nitrogens is 2. The summed E-state index contributed by atoms with van der Waals surface area (Å²) in [6.45, 7) is 0.209. The summed E-state index contributed by atoms with van der Waals surface area (Å²) in [4.78, 5) is 17.2. The van der Waals surface area contributed by atoms with Crippen molar-refractivity contribution in [2.45, 2.75) is 11.7 Å². The maximum absolute atomic E-state index is 12.9. The summed E-state index contributed by atoms with van der Waals surface area (Å²) in [5.74, 6) is -0.465. The van der Waals surface area contributed by atoms with Gasteiger partial charge in [0, 0.05) is 22.8 Å². The Morgan fingerprint density at radius 1 is 1.08 bits per heavy atom. The molecule has 8 heteroatoms. The first-order chi connectivity index (χ1) is 12.5. The minimum absolute atomic E-state index is 0.0500. The zero-order valence-electron chi connectivity index (χ0n) is 13.5. The number of imidazole rings is 1. The van der Waals surface area contributed by atoms with Gasteiger partial charge in [-0.05, 0) is 24.3 Å². The van der Waals surface area contributed by atoms with Crippen LogP contribution in [0.1, 0.15) is 10.5 Å². The lowest BCUT2D eigenvalue weighted by Crippen LogP contribution is -2.17. The average molecular weight is 388 g/mol. The molecule has 132 valence electrons. The van der Waals surface area contributed by atoms with Crippen molar-refractivity contribution in [3.05, 3.63) is 65.3 Å². The molecular formula is C18H14ClN3O3S. The van der Waals surface area contributed by atoms with Gasteiger partial charge < -0.3 is 9.88 Å². The highest BCUT2D eigenvalue weighted by molar-refractivity contribution is 7.91. The summed E-state index contributed by atoms with van der Waals surface area (Å²) in [5, 5.41) is 3.29. The number of benzene rings is 2. The number of sulfone groups is 1. The number of fused-ring (bicyclic) bond motifs is 1. The van der Waals surface area contributed by atoms with E-state index < -0.39 is 15.7 Å². The van der Waals surface area contributed by atoms with Crippen LogP contribution >= 0.6 is 11.6 Å². The smallest absolute Gasteiger partial charge is 0.274 e.